The molecule has 0 amide bonds. The Hall–Kier alpha value is -3.04. The lowest BCUT2D eigenvalue weighted by Gasteiger charge is -2.13. The molecule has 3 rings (SSSR count). The molecule has 0 bridgehead atoms. The summed E-state index contributed by atoms with van der Waals surface area (Å²) < 4.78 is 44.4. The fourth-order valence-electron chi connectivity index (χ4n) is 3.38. The number of halogens is 3. The SMILES string of the molecule is CCCCCc1cc(-c2ccc(C(F)(F)F)nc2)nc(-c2cccc(OCC(O)CNC)c2)n1. The first kappa shape index (κ1) is 25.6. The number of hydrogen-bond donors (Lipinski definition) is 2. The predicted molar refractivity (Wildman–Crippen MR) is 124 cm³/mol. The highest BCUT2D eigenvalue weighted by Gasteiger charge is 2.32. The highest BCUT2D eigenvalue weighted by atomic mass is 19.4. The van der Waals surface area contributed by atoms with Crippen LogP contribution >= 0.6 is 0 Å². The van der Waals surface area contributed by atoms with Gasteiger partial charge in [-0.3, -0.25) is 4.98 Å². The van der Waals surface area contributed by atoms with Gasteiger partial charge in [0.1, 0.15) is 24.2 Å². The highest BCUT2D eigenvalue weighted by molar-refractivity contribution is 5.64. The molecule has 2 aromatic heterocycles. The van der Waals surface area contributed by atoms with Crippen LogP contribution in [0, 0.1) is 0 Å². The smallest absolute Gasteiger partial charge is 0.433 e. The van der Waals surface area contributed by atoms with Crippen molar-refractivity contribution in [3.8, 4) is 28.4 Å². The predicted octanol–water partition coefficient (Wildman–Crippen LogP) is 4.92. The third-order valence-corrected chi connectivity index (χ3v) is 5.14. The maximum Gasteiger partial charge on any atom is 0.433 e. The molecule has 0 saturated heterocycles. The van der Waals surface area contributed by atoms with Gasteiger partial charge >= 0.3 is 6.18 Å². The zero-order valence-corrected chi connectivity index (χ0v) is 19.3. The normalized spacial score (nSPS) is 12.5. The van der Waals surface area contributed by atoms with E-state index < -0.39 is 18.0 Å². The summed E-state index contributed by atoms with van der Waals surface area (Å²) >= 11 is 0. The number of rotatable bonds is 11. The Kier molecular flexibility index (Phi) is 8.95. The van der Waals surface area contributed by atoms with Crippen LogP contribution < -0.4 is 10.1 Å². The van der Waals surface area contributed by atoms with E-state index in [2.05, 4.69) is 22.2 Å². The Balaban J connectivity index is 1.92. The van der Waals surface area contributed by atoms with E-state index in [9.17, 15) is 18.3 Å². The highest BCUT2D eigenvalue weighted by Crippen LogP contribution is 2.30. The molecule has 0 fully saturated rings. The van der Waals surface area contributed by atoms with E-state index in [-0.39, 0.29) is 6.61 Å². The van der Waals surface area contributed by atoms with Gasteiger partial charge in [-0.1, -0.05) is 31.9 Å². The quantitative estimate of drug-likeness (QED) is 0.384. The number of aromatic nitrogens is 3. The largest absolute Gasteiger partial charge is 0.491 e. The van der Waals surface area contributed by atoms with E-state index in [0.717, 1.165) is 37.4 Å². The lowest BCUT2D eigenvalue weighted by atomic mass is 10.1. The van der Waals surface area contributed by atoms with Crippen molar-refractivity contribution in [1.29, 1.82) is 0 Å². The molecule has 0 aliphatic rings. The van der Waals surface area contributed by atoms with Gasteiger partial charge in [-0.05, 0) is 50.2 Å². The number of aliphatic hydroxyl groups excluding tert-OH is 1. The number of aryl methyl sites for hydroxylation is 1. The number of pyridine rings is 1. The molecule has 0 radical (unpaired) electrons. The molecular weight excluding hydrogens is 445 g/mol. The van der Waals surface area contributed by atoms with E-state index in [1.54, 1.807) is 25.2 Å². The first-order chi connectivity index (χ1) is 16.3. The average Bonchev–Trinajstić information content (AvgIpc) is 2.83. The summed E-state index contributed by atoms with van der Waals surface area (Å²) in [5.41, 5.74) is 1.56. The van der Waals surface area contributed by atoms with Crippen molar-refractivity contribution in [3.05, 3.63) is 60.0 Å². The van der Waals surface area contributed by atoms with Crippen LogP contribution in [0.15, 0.2) is 48.7 Å². The Morgan fingerprint density at radius 1 is 1.06 bits per heavy atom. The summed E-state index contributed by atoms with van der Waals surface area (Å²) in [6, 6.07) is 11.4. The second kappa shape index (κ2) is 11.9. The number of nitrogens with one attached hydrogen (secondary N) is 1. The van der Waals surface area contributed by atoms with Crippen LogP contribution in [0.2, 0.25) is 0 Å². The molecule has 1 aromatic carbocycles. The van der Waals surface area contributed by atoms with Crippen molar-refractivity contribution in [2.45, 2.75) is 44.9 Å². The third-order valence-electron chi connectivity index (χ3n) is 5.14. The third kappa shape index (κ3) is 7.23. The van der Waals surface area contributed by atoms with Crippen molar-refractivity contribution in [2.24, 2.45) is 0 Å². The van der Waals surface area contributed by atoms with Crippen LogP contribution in [0.5, 0.6) is 5.75 Å². The van der Waals surface area contributed by atoms with E-state index in [0.29, 0.717) is 34.9 Å². The minimum atomic E-state index is -4.50. The maximum absolute atomic E-state index is 12.9. The van der Waals surface area contributed by atoms with E-state index >= 15 is 0 Å². The van der Waals surface area contributed by atoms with Crippen molar-refractivity contribution >= 4 is 0 Å². The number of hydrogen-bond acceptors (Lipinski definition) is 6. The van der Waals surface area contributed by atoms with Crippen molar-refractivity contribution in [1.82, 2.24) is 20.3 Å². The van der Waals surface area contributed by atoms with E-state index in [1.807, 2.05) is 12.1 Å². The van der Waals surface area contributed by atoms with Gasteiger partial charge in [0.05, 0.1) is 5.69 Å². The molecular formula is C25H29F3N4O2. The van der Waals surface area contributed by atoms with Crippen LogP contribution in [-0.4, -0.2) is 46.4 Å². The molecule has 1 atom stereocenters. The molecule has 3 aromatic rings. The van der Waals surface area contributed by atoms with E-state index in [1.165, 1.54) is 12.3 Å². The molecule has 182 valence electrons. The van der Waals surface area contributed by atoms with Crippen molar-refractivity contribution in [2.75, 3.05) is 20.2 Å². The standard InChI is InChI=1S/C25H29F3N4O2/c1-3-4-5-8-19-13-22(18-10-11-23(30-14-18)25(26,27)28)32-24(31-19)17-7-6-9-21(12-17)34-16-20(33)15-29-2/h6-7,9-14,20,29,33H,3-5,8,15-16H2,1-2H3. The molecule has 2 heterocycles. The van der Waals surface area contributed by atoms with Crippen LogP contribution in [0.4, 0.5) is 13.2 Å². The van der Waals surface area contributed by atoms with Crippen molar-refractivity contribution in [3.63, 3.8) is 0 Å². The van der Waals surface area contributed by atoms with Crippen LogP contribution in [0.1, 0.15) is 37.6 Å². The summed E-state index contributed by atoms with van der Waals surface area (Å²) in [6.07, 6.45) is -0.164. The summed E-state index contributed by atoms with van der Waals surface area (Å²) in [6.45, 7) is 2.65. The number of aliphatic hydroxyl groups is 1. The fourth-order valence-corrected chi connectivity index (χ4v) is 3.38. The second-order valence-electron chi connectivity index (χ2n) is 8.01. The van der Waals surface area contributed by atoms with E-state index in [4.69, 9.17) is 9.72 Å². The van der Waals surface area contributed by atoms with Crippen LogP contribution in [-0.2, 0) is 12.6 Å². The maximum atomic E-state index is 12.9. The molecule has 0 aliphatic carbocycles. The fraction of sp³-hybridized carbons (Fsp3) is 0.400. The summed E-state index contributed by atoms with van der Waals surface area (Å²) in [5.74, 6) is 1.01. The zero-order valence-electron chi connectivity index (χ0n) is 19.3. The molecule has 9 heteroatoms. The Morgan fingerprint density at radius 3 is 2.56 bits per heavy atom. The minimum Gasteiger partial charge on any atom is -0.491 e. The lowest BCUT2D eigenvalue weighted by Crippen LogP contribution is -2.29. The van der Waals surface area contributed by atoms with Gasteiger partial charge in [-0.25, -0.2) is 9.97 Å². The summed E-state index contributed by atoms with van der Waals surface area (Å²) in [5, 5.41) is 12.8. The molecule has 6 nitrogen and oxygen atoms in total. The zero-order chi connectivity index (χ0) is 24.6. The van der Waals surface area contributed by atoms with Gasteiger partial charge in [0.25, 0.3) is 0 Å². The number of likely N-dealkylation sites (N-methyl/N-ethyl adjacent to an activating group) is 1. The average molecular weight is 475 g/mol. The minimum absolute atomic E-state index is 0.130. The summed E-state index contributed by atoms with van der Waals surface area (Å²) in [7, 11) is 1.75. The molecule has 0 saturated carbocycles. The topological polar surface area (TPSA) is 80.2 Å². The molecule has 2 N–H and O–H groups in total. The van der Waals surface area contributed by atoms with Gasteiger partial charge in [0, 0.05) is 29.6 Å². The molecule has 0 aliphatic heterocycles. The van der Waals surface area contributed by atoms with Gasteiger partial charge in [0.2, 0.25) is 0 Å². The monoisotopic (exact) mass is 474 g/mol. The number of benzene rings is 1. The molecule has 0 spiro atoms. The van der Waals surface area contributed by atoms with Gasteiger partial charge in [0.15, 0.2) is 5.82 Å². The Labute approximate surface area is 197 Å². The second-order valence-corrected chi connectivity index (χ2v) is 8.01. The first-order valence-corrected chi connectivity index (χ1v) is 11.3. The first-order valence-electron chi connectivity index (χ1n) is 11.3. The number of alkyl halides is 3. The van der Waals surface area contributed by atoms with Crippen molar-refractivity contribution < 1.29 is 23.0 Å². The summed E-state index contributed by atoms with van der Waals surface area (Å²) in [4.78, 5) is 12.9. The number of ether oxygens (including phenoxy) is 1. The molecule has 34 heavy (non-hydrogen) atoms. The molecule has 1 unspecified atom stereocenters. The van der Waals surface area contributed by atoms with Gasteiger partial charge < -0.3 is 15.2 Å². The van der Waals surface area contributed by atoms with Crippen LogP contribution in [0.25, 0.3) is 22.6 Å². The number of unbranched alkanes of at least 4 members (excludes halogenated alkanes) is 2. The van der Waals surface area contributed by atoms with Crippen LogP contribution in [0.3, 0.4) is 0 Å². The Morgan fingerprint density at radius 2 is 1.88 bits per heavy atom. The van der Waals surface area contributed by atoms with Gasteiger partial charge in [-0.2, -0.15) is 13.2 Å². The van der Waals surface area contributed by atoms with Gasteiger partial charge in [-0.15, -0.1) is 0 Å². The lowest BCUT2D eigenvalue weighted by molar-refractivity contribution is -0.141. The Bertz CT molecular complexity index is 1060. The number of nitrogens with zero attached hydrogens (tertiary/aromatic N) is 3.